The number of aliphatic hydroxyl groups excluding tert-OH is 3. The van der Waals surface area contributed by atoms with Crippen LogP contribution in [0.2, 0.25) is 0 Å². The van der Waals surface area contributed by atoms with Crippen LogP contribution >= 0.6 is 0 Å². The van der Waals surface area contributed by atoms with Gasteiger partial charge in [0.25, 0.3) is 0 Å². The third-order valence-corrected chi connectivity index (χ3v) is 5.54. The van der Waals surface area contributed by atoms with Crippen molar-refractivity contribution in [3.05, 3.63) is 102 Å². The third kappa shape index (κ3) is 6.18. The van der Waals surface area contributed by atoms with Crippen molar-refractivity contribution in [2.75, 3.05) is 0 Å². The van der Waals surface area contributed by atoms with Gasteiger partial charge >= 0.3 is 0 Å². The number of nitrogens with zero attached hydrogens (tertiary/aromatic N) is 3. The number of benzene rings is 2. The Bertz CT molecular complexity index is 1520. The Morgan fingerprint density at radius 2 is 1.73 bits per heavy atom. The molecule has 3 aromatic heterocycles. The molecule has 0 aliphatic carbocycles. The molecule has 0 unspecified atom stereocenters. The number of aliphatic hydroxyl groups is 3. The second kappa shape index (κ2) is 12.5. The van der Waals surface area contributed by atoms with Gasteiger partial charge in [-0.2, -0.15) is 0 Å². The van der Waals surface area contributed by atoms with Crippen molar-refractivity contribution in [2.24, 2.45) is 0 Å². The number of pyridine rings is 2. The predicted octanol–water partition coefficient (Wildman–Crippen LogP) is 5.06. The van der Waals surface area contributed by atoms with Crippen LogP contribution in [0, 0.1) is 6.07 Å². The number of allylic oxidation sites excluding steroid dienone is 2. The summed E-state index contributed by atoms with van der Waals surface area (Å²) in [6.45, 7) is 2.65. The molecule has 191 valence electrons. The van der Waals surface area contributed by atoms with Crippen LogP contribution in [-0.4, -0.2) is 35.6 Å². The van der Waals surface area contributed by atoms with Gasteiger partial charge in [0.15, 0.2) is 5.78 Å². The standard InChI is InChI=1S/C24H18N3O2.C5H8O2.Ir/c28-14-16-9-11-25-21(12-16)19-8-7-18(13-17(19)15-29)27-22-5-2-1-4-20(22)24-23(27)6-3-10-26-24;1-4(6)3-5(2)7;/h1-7,9-13,28-29H,14-15H2;3,6H,1-2H3;/q-1;;/b;4-3-;. The maximum absolute atomic E-state index is 10.0. The van der Waals surface area contributed by atoms with Gasteiger partial charge in [-0.15, -0.1) is 29.3 Å². The summed E-state index contributed by atoms with van der Waals surface area (Å²) in [5.74, 6) is -0.0625. The third-order valence-electron chi connectivity index (χ3n) is 5.54. The van der Waals surface area contributed by atoms with Gasteiger partial charge < -0.3 is 24.9 Å². The smallest absolute Gasteiger partial charge is 0.155 e. The molecular formula is C29H26IrN3O4-. The van der Waals surface area contributed by atoms with Crippen molar-refractivity contribution in [1.82, 2.24) is 14.5 Å². The van der Waals surface area contributed by atoms with Crippen LogP contribution in [0.4, 0.5) is 0 Å². The van der Waals surface area contributed by atoms with Crippen LogP contribution in [-0.2, 0) is 38.1 Å². The summed E-state index contributed by atoms with van der Waals surface area (Å²) < 4.78 is 2.13. The number of carbonyl (C=O) groups excluding carboxylic acids is 1. The number of hydrogen-bond donors (Lipinski definition) is 3. The van der Waals surface area contributed by atoms with Crippen molar-refractivity contribution >= 4 is 27.7 Å². The van der Waals surface area contributed by atoms with Crippen molar-refractivity contribution in [2.45, 2.75) is 27.1 Å². The number of fused-ring (bicyclic) bond motifs is 3. The quantitative estimate of drug-likeness (QED) is 0.137. The van der Waals surface area contributed by atoms with E-state index < -0.39 is 0 Å². The van der Waals surface area contributed by atoms with Crippen LogP contribution in [0.15, 0.2) is 84.9 Å². The topological polar surface area (TPSA) is 108 Å². The van der Waals surface area contributed by atoms with E-state index >= 15 is 0 Å². The molecule has 37 heavy (non-hydrogen) atoms. The molecule has 0 spiro atoms. The minimum atomic E-state index is -0.139. The van der Waals surface area contributed by atoms with Crippen molar-refractivity contribution in [1.29, 1.82) is 0 Å². The summed E-state index contributed by atoms with van der Waals surface area (Å²) in [7, 11) is 0. The molecule has 0 aliphatic rings. The van der Waals surface area contributed by atoms with Crippen LogP contribution < -0.4 is 0 Å². The molecule has 0 saturated heterocycles. The summed E-state index contributed by atoms with van der Waals surface area (Å²) in [6.07, 6.45) is 4.62. The molecule has 0 atom stereocenters. The second-order valence-corrected chi connectivity index (χ2v) is 8.24. The minimum absolute atomic E-state index is 0. The maximum atomic E-state index is 10.0. The number of ketones is 1. The van der Waals surface area contributed by atoms with E-state index in [-0.39, 0.29) is 44.9 Å². The van der Waals surface area contributed by atoms with Gasteiger partial charge in [0.2, 0.25) is 0 Å². The monoisotopic (exact) mass is 673 g/mol. The molecule has 0 bridgehead atoms. The Morgan fingerprint density at radius 1 is 0.973 bits per heavy atom. The fraction of sp³-hybridized carbons (Fsp3) is 0.138. The maximum Gasteiger partial charge on any atom is 0.155 e. The molecule has 3 N–H and O–H groups in total. The number of carbonyl (C=O) groups is 1. The average Bonchev–Trinajstić information content (AvgIpc) is 3.22. The fourth-order valence-electron chi connectivity index (χ4n) is 4.09. The first-order valence-corrected chi connectivity index (χ1v) is 11.4. The normalized spacial score (nSPS) is 11.1. The molecule has 0 aliphatic heterocycles. The van der Waals surface area contributed by atoms with Crippen LogP contribution in [0.5, 0.6) is 0 Å². The Labute approximate surface area is 228 Å². The molecule has 5 rings (SSSR count). The van der Waals surface area contributed by atoms with Gasteiger partial charge in [-0.05, 0) is 55.1 Å². The summed E-state index contributed by atoms with van der Waals surface area (Å²) >= 11 is 0. The zero-order valence-electron chi connectivity index (χ0n) is 20.3. The number of hydrogen-bond acceptors (Lipinski definition) is 6. The van der Waals surface area contributed by atoms with Crippen molar-refractivity contribution in [3.8, 4) is 16.9 Å². The van der Waals surface area contributed by atoms with Gasteiger partial charge in [-0.25, -0.2) is 0 Å². The molecule has 0 amide bonds. The Morgan fingerprint density at radius 3 is 2.41 bits per heavy atom. The van der Waals surface area contributed by atoms with E-state index in [2.05, 4.69) is 32.7 Å². The molecule has 5 aromatic rings. The van der Waals surface area contributed by atoms with E-state index in [1.165, 1.54) is 19.9 Å². The minimum Gasteiger partial charge on any atom is -0.512 e. The molecule has 8 heteroatoms. The molecule has 2 aromatic carbocycles. The van der Waals surface area contributed by atoms with Gasteiger partial charge in [0, 0.05) is 56.1 Å². The number of aromatic nitrogens is 3. The predicted molar refractivity (Wildman–Crippen MR) is 140 cm³/mol. The van der Waals surface area contributed by atoms with E-state index in [4.69, 9.17) is 5.11 Å². The van der Waals surface area contributed by atoms with E-state index in [0.717, 1.165) is 44.3 Å². The van der Waals surface area contributed by atoms with Crippen molar-refractivity contribution < 1.29 is 40.2 Å². The van der Waals surface area contributed by atoms with Gasteiger partial charge in [-0.3, -0.25) is 9.78 Å². The van der Waals surface area contributed by atoms with E-state index in [9.17, 15) is 15.0 Å². The van der Waals surface area contributed by atoms with Gasteiger partial charge in [0.1, 0.15) is 0 Å². The van der Waals surface area contributed by atoms with Crippen molar-refractivity contribution in [3.63, 3.8) is 0 Å². The summed E-state index contributed by atoms with van der Waals surface area (Å²) in [5, 5.41) is 28.9. The average molecular weight is 673 g/mol. The van der Waals surface area contributed by atoms with E-state index in [1.54, 1.807) is 18.5 Å². The first-order valence-electron chi connectivity index (χ1n) is 11.4. The summed E-state index contributed by atoms with van der Waals surface area (Å²) in [4.78, 5) is 19.0. The SMILES string of the molecule is CC(=O)/C=C(/C)O.OCc1ccnc(-c2[c-]cc(-n3c4ccccc4c4ncccc43)cc2CO)c1.[Ir]. The largest absolute Gasteiger partial charge is 0.512 e. The number of rotatable bonds is 5. The fourth-order valence-corrected chi connectivity index (χ4v) is 4.09. The Kier molecular flexibility index (Phi) is 9.44. The molecule has 0 saturated carbocycles. The van der Waals surface area contributed by atoms with E-state index in [0.29, 0.717) is 5.69 Å². The van der Waals surface area contributed by atoms with Gasteiger partial charge in [-0.1, -0.05) is 24.3 Å². The molecular weight excluding hydrogens is 647 g/mol. The van der Waals surface area contributed by atoms with E-state index in [1.807, 2.05) is 42.5 Å². The first-order chi connectivity index (χ1) is 17.4. The molecule has 7 nitrogen and oxygen atoms in total. The van der Waals surface area contributed by atoms with Crippen LogP contribution in [0.25, 0.3) is 38.9 Å². The molecule has 1 radical (unpaired) electrons. The summed E-state index contributed by atoms with van der Waals surface area (Å²) in [6, 6.07) is 22.8. The number of para-hydroxylation sites is 1. The second-order valence-electron chi connectivity index (χ2n) is 8.24. The Hall–Kier alpha value is -3.68. The summed E-state index contributed by atoms with van der Waals surface area (Å²) in [5.41, 5.74) is 6.78. The molecule has 0 fully saturated rings. The molecule has 3 heterocycles. The zero-order chi connectivity index (χ0) is 25.7. The zero-order valence-corrected chi connectivity index (χ0v) is 22.7. The van der Waals surface area contributed by atoms with Crippen LogP contribution in [0.3, 0.4) is 0 Å². The first kappa shape index (κ1) is 27.9. The van der Waals surface area contributed by atoms with Crippen LogP contribution in [0.1, 0.15) is 25.0 Å². The Balaban J connectivity index is 0.000000422. The van der Waals surface area contributed by atoms with Gasteiger partial charge in [0.05, 0.1) is 23.4 Å².